The van der Waals surface area contributed by atoms with Gasteiger partial charge in [-0.25, -0.2) is 0 Å². The molecule has 1 aliphatic heterocycles. The van der Waals surface area contributed by atoms with Gasteiger partial charge in [-0.05, 0) is 79.0 Å². The fourth-order valence-corrected chi connectivity index (χ4v) is 8.80. The SMILES string of the molecule is COc1c(CN2O[C@@H](CO)[C@H]([C@H](C)O)[C@H]2C(=O)NC2C[C@H]3C[C@@H]([C@@H]2C)C3(C)C)cccc1-c1cccc(NCCCc2ccccc2)c1. The van der Waals surface area contributed by atoms with Crippen LogP contribution in [0.3, 0.4) is 0 Å². The smallest absolute Gasteiger partial charge is 0.240 e. The van der Waals surface area contributed by atoms with Crippen molar-refractivity contribution in [3.8, 4) is 16.9 Å². The molecule has 3 aliphatic carbocycles. The van der Waals surface area contributed by atoms with E-state index in [4.69, 9.17) is 9.57 Å². The van der Waals surface area contributed by atoms with Gasteiger partial charge in [0.2, 0.25) is 5.91 Å². The quantitative estimate of drug-likeness (QED) is 0.166. The van der Waals surface area contributed by atoms with Crippen molar-refractivity contribution in [1.82, 2.24) is 10.4 Å². The zero-order chi connectivity index (χ0) is 34.0. The largest absolute Gasteiger partial charge is 0.496 e. The number of benzene rings is 3. The van der Waals surface area contributed by atoms with Gasteiger partial charge < -0.3 is 25.6 Å². The second-order valence-electron chi connectivity index (χ2n) is 14.8. The predicted octanol–water partition coefficient (Wildman–Crippen LogP) is 6.07. The molecule has 48 heavy (non-hydrogen) atoms. The maximum atomic E-state index is 14.1. The topological polar surface area (TPSA) is 103 Å². The normalized spacial score (nSPS) is 28.4. The highest BCUT2D eigenvalue weighted by Crippen LogP contribution is 2.61. The van der Waals surface area contributed by atoms with E-state index in [9.17, 15) is 15.0 Å². The number of aliphatic hydroxyl groups is 2. The first-order valence-electron chi connectivity index (χ1n) is 17.7. The third-order valence-corrected chi connectivity index (χ3v) is 11.7. The van der Waals surface area contributed by atoms with Crippen molar-refractivity contribution in [2.45, 2.75) is 84.2 Å². The van der Waals surface area contributed by atoms with Crippen LogP contribution in [0.5, 0.6) is 5.75 Å². The molecule has 4 N–H and O–H groups in total. The third-order valence-electron chi connectivity index (χ3n) is 11.7. The highest BCUT2D eigenvalue weighted by Gasteiger charge is 2.57. The number of amides is 1. The fourth-order valence-electron chi connectivity index (χ4n) is 8.80. The van der Waals surface area contributed by atoms with Gasteiger partial charge in [-0.3, -0.25) is 9.63 Å². The van der Waals surface area contributed by atoms with Gasteiger partial charge in [-0.15, -0.1) is 0 Å². The molecule has 4 aliphatic rings. The van der Waals surface area contributed by atoms with E-state index in [2.05, 4.69) is 73.9 Å². The summed E-state index contributed by atoms with van der Waals surface area (Å²) in [5.74, 6) is 1.52. The molecule has 3 aromatic carbocycles. The number of anilines is 1. The molecule has 4 fully saturated rings. The number of hydrogen-bond acceptors (Lipinski definition) is 7. The van der Waals surface area contributed by atoms with Gasteiger partial charge >= 0.3 is 0 Å². The van der Waals surface area contributed by atoms with E-state index in [0.29, 0.717) is 28.9 Å². The minimum absolute atomic E-state index is 0.0797. The number of nitrogens with one attached hydrogen (secondary N) is 2. The fraction of sp³-hybridized carbons (Fsp3) is 0.525. The number of carbonyl (C=O) groups excluding carboxylic acids is 1. The molecule has 0 aromatic heterocycles. The molecule has 3 saturated carbocycles. The molecule has 2 bridgehead atoms. The lowest BCUT2D eigenvalue weighted by Gasteiger charge is -2.62. The lowest BCUT2D eigenvalue weighted by molar-refractivity contribution is -0.183. The van der Waals surface area contributed by atoms with Crippen LogP contribution in [0.4, 0.5) is 5.69 Å². The van der Waals surface area contributed by atoms with Crippen molar-refractivity contribution < 1.29 is 24.6 Å². The van der Waals surface area contributed by atoms with Crippen LogP contribution in [0.2, 0.25) is 0 Å². The average Bonchev–Trinajstić information content (AvgIpc) is 3.46. The molecule has 8 atom stereocenters. The summed E-state index contributed by atoms with van der Waals surface area (Å²) < 4.78 is 6.02. The Morgan fingerprint density at radius 1 is 1.08 bits per heavy atom. The number of methoxy groups -OCH3 is 1. The third kappa shape index (κ3) is 6.86. The van der Waals surface area contributed by atoms with Crippen molar-refractivity contribution in [2.24, 2.45) is 29.1 Å². The molecule has 8 heteroatoms. The standard InChI is InChI=1S/C40H53N3O5/c1-25-33-21-30(40(33,3)4)22-34(25)42-39(46)37-36(26(2)45)35(24-44)48-43(37)23-29-16-10-18-32(38(29)47-5)28-15-9-17-31(20-28)41-19-11-14-27-12-7-6-8-13-27/h6-10,12-13,15-18,20,25-26,30,33-37,41,44-45H,11,14,19,21-24H2,1-5H3,(H,42,46)/t25-,26-,30+,33-,34?,35-,36-,37-/m0/s1. The lowest BCUT2D eigenvalue weighted by atomic mass is 9.45. The van der Waals surface area contributed by atoms with Crippen molar-refractivity contribution in [1.29, 1.82) is 0 Å². The van der Waals surface area contributed by atoms with E-state index in [1.165, 1.54) is 12.0 Å². The Kier molecular flexibility index (Phi) is 10.5. The van der Waals surface area contributed by atoms with E-state index < -0.39 is 24.2 Å². The number of carbonyl (C=O) groups is 1. The Hall–Kier alpha value is -3.43. The van der Waals surface area contributed by atoms with Crippen LogP contribution < -0.4 is 15.4 Å². The van der Waals surface area contributed by atoms with E-state index in [1.807, 2.05) is 30.3 Å². The molecule has 1 saturated heterocycles. The number of hydrogen-bond donors (Lipinski definition) is 4. The molecule has 8 nitrogen and oxygen atoms in total. The molecule has 0 radical (unpaired) electrons. The highest BCUT2D eigenvalue weighted by atomic mass is 16.7. The van der Waals surface area contributed by atoms with Crippen molar-refractivity contribution >= 4 is 11.6 Å². The maximum Gasteiger partial charge on any atom is 0.240 e. The van der Waals surface area contributed by atoms with Gasteiger partial charge in [-0.1, -0.05) is 81.4 Å². The molecule has 1 amide bonds. The Morgan fingerprint density at radius 3 is 2.54 bits per heavy atom. The Labute approximate surface area is 285 Å². The van der Waals surface area contributed by atoms with Gasteiger partial charge in [0.05, 0.1) is 26.4 Å². The Bertz CT molecular complexity index is 1540. The summed E-state index contributed by atoms with van der Waals surface area (Å²) in [5.41, 5.74) is 5.49. The minimum atomic E-state index is -0.852. The summed E-state index contributed by atoms with van der Waals surface area (Å²) in [6.45, 7) is 9.45. The van der Waals surface area contributed by atoms with E-state index >= 15 is 0 Å². The summed E-state index contributed by atoms with van der Waals surface area (Å²) in [5, 5.41) is 29.7. The van der Waals surface area contributed by atoms with Crippen molar-refractivity contribution in [3.05, 3.63) is 83.9 Å². The summed E-state index contributed by atoms with van der Waals surface area (Å²) in [7, 11) is 1.66. The highest BCUT2D eigenvalue weighted by molar-refractivity contribution is 5.83. The van der Waals surface area contributed by atoms with Gasteiger partial charge in [0, 0.05) is 35.3 Å². The van der Waals surface area contributed by atoms with Crippen LogP contribution in [0.1, 0.15) is 58.1 Å². The number of fused-ring (bicyclic) bond motifs is 2. The number of aliphatic hydroxyl groups excluding tert-OH is 2. The van der Waals surface area contributed by atoms with Gasteiger partial charge in [0.15, 0.2) is 0 Å². The van der Waals surface area contributed by atoms with Crippen molar-refractivity contribution in [3.63, 3.8) is 0 Å². The number of rotatable bonds is 13. The number of nitrogens with zero attached hydrogens (tertiary/aromatic N) is 1. The number of aryl methyl sites for hydroxylation is 1. The van der Waals surface area contributed by atoms with Crippen LogP contribution in [-0.4, -0.2) is 65.7 Å². The summed E-state index contributed by atoms with van der Waals surface area (Å²) in [4.78, 5) is 20.4. The van der Waals surface area contributed by atoms with Crippen LogP contribution in [0.15, 0.2) is 72.8 Å². The first-order valence-corrected chi connectivity index (χ1v) is 17.7. The first kappa shape index (κ1) is 34.4. The van der Waals surface area contributed by atoms with Gasteiger partial charge in [0.1, 0.15) is 17.9 Å². The molecule has 3 aromatic rings. The summed E-state index contributed by atoms with van der Waals surface area (Å²) in [6.07, 6.45) is 2.69. The first-order chi connectivity index (χ1) is 23.1. The lowest BCUT2D eigenvalue weighted by Crippen LogP contribution is -2.62. The zero-order valence-electron chi connectivity index (χ0n) is 29.1. The molecular formula is C40H53N3O5. The minimum Gasteiger partial charge on any atom is -0.496 e. The Morgan fingerprint density at radius 2 is 1.85 bits per heavy atom. The van der Waals surface area contributed by atoms with Crippen LogP contribution in [-0.2, 0) is 22.6 Å². The number of hydroxylamine groups is 2. The second-order valence-corrected chi connectivity index (χ2v) is 14.8. The van der Waals surface area contributed by atoms with Gasteiger partial charge in [0.25, 0.3) is 0 Å². The Balaban J connectivity index is 1.19. The maximum absolute atomic E-state index is 14.1. The second kappa shape index (κ2) is 14.6. The molecule has 1 unspecified atom stereocenters. The predicted molar refractivity (Wildman–Crippen MR) is 189 cm³/mol. The summed E-state index contributed by atoms with van der Waals surface area (Å²) in [6, 6.07) is 24.2. The number of para-hydroxylation sites is 1. The summed E-state index contributed by atoms with van der Waals surface area (Å²) >= 11 is 0. The molecule has 258 valence electrons. The van der Waals surface area contributed by atoms with Crippen LogP contribution in [0, 0.1) is 29.1 Å². The van der Waals surface area contributed by atoms with E-state index in [0.717, 1.165) is 48.2 Å². The van der Waals surface area contributed by atoms with Crippen LogP contribution in [0.25, 0.3) is 11.1 Å². The molecule has 0 spiro atoms. The average molecular weight is 656 g/mol. The molecule has 1 heterocycles. The molecular weight excluding hydrogens is 602 g/mol. The molecule has 7 rings (SSSR count). The van der Waals surface area contributed by atoms with Gasteiger partial charge in [-0.2, -0.15) is 5.06 Å². The van der Waals surface area contributed by atoms with E-state index in [-0.39, 0.29) is 25.1 Å². The zero-order valence-corrected chi connectivity index (χ0v) is 29.1. The number of ether oxygens (including phenoxy) is 1. The van der Waals surface area contributed by atoms with E-state index in [1.54, 1.807) is 19.1 Å². The van der Waals surface area contributed by atoms with Crippen molar-refractivity contribution in [2.75, 3.05) is 25.6 Å². The monoisotopic (exact) mass is 655 g/mol. The van der Waals surface area contributed by atoms with Crippen LogP contribution >= 0.6 is 0 Å².